The summed E-state index contributed by atoms with van der Waals surface area (Å²) in [5.41, 5.74) is 1.60. The summed E-state index contributed by atoms with van der Waals surface area (Å²) in [6, 6.07) is 11.3. The molecule has 2 amide bonds. The van der Waals surface area contributed by atoms with E-state index < -0.39 is 18.1 Å². The van der Waals surface area contributed by atoms with E-state index in [2.05, 4.69) is 5.10 Å². The molecule has 30 heavy (non-hydrogen) atoms. The van der Waals surface area contributed by atoms with Gasteiger partial charge in [0.15, 0.2) is 12.0 Å². The quantitative estimate of drug-likeness (QED) is 0.704. The van der Waals surface area contributed by atoms with E-state index in [-0.39, 0.29) is 18.2 Å². The van der Waals surface area contributed by atoms with E-state index in [9.17, 15) is 19.1 Å². The Labute approximate surface area is 172 Å². The predicted octanol–water partition coefficient (Wildman–Crippen LogP) is 3.09. The summed E-state index contributed by atoms with van der Waals surface area (Å²) in [6.07, 6.45) is 2.72. The van der Waals surface area contributed by atoms with Crippen molar-refractivity contribution in [1.82, 2.24) is 14.7 Å². The molecule has 1 saturated carbocycles. The fourth-order valence-corrected chi connectivity index (χ4v) is 4.15. The molecular formula is C22H21FN4O3. The van der Waals surface area contributed by atoms with E-state index in [1.165, 1.54) is 20.5 Å². The first-order valence-corrected chi connectivity index (χ1v) is 10.1. The molecule has 2 fully saturated rings. The number of carbonyl (C=O) groups is 2. The van der Waals surface area contributed by atoms with Crippen molar-refractivity contribution < 1.29 is 19.1 Å². The fraction of sp³-hybridized carbons (Fsp3) is 0.318. The molecule has 2 heterocycles. The number of para-hydroxylation sites is 1. The van der Waals surface area contributed by atoms with E-state index >= 15 is 0 Å². The van der Waals surface area contributed by atoms with E-state index in [1.807, 2.05) is 6.07 Å². The topological polar surface area (TPSA) is 78.7 Å². The minimum atomic E-state index is -1.41. The number of carbonyl (C=O) groups excluding carboxylic acids is 2. The van der Waals surface area contributed by atoms with Crippen LogP contribution in [0.3, 0.4) is 0 Å². The van der Waals surface area contributed by atoms with Gasteiger partial charge < -0.3 is 5.11 Å². The molecule has 0 bridgehead atoms. The molecule has 154 valence electrons. The molecule has 8 heteroatoms. The number of anilines is 1. The van der Waals surface area contributed by atoms with Crippen LogP contribution >= 0.6 is 0 Å². The maximum Gasteiger partial charge on any atom is 0.327 e. The van der Waals surface area contributed by atoms with Crippen LogP contribution in [-0.4, -0.2) is 50.9 Å². The lowest BCUT2D eigenvalue weighted by Crippen LogP contribution is -2.47. The van der Waals surface area contributed by atoms with E-state index in [0.717, 1.165) is 19.3 Å². The molecule has 2 aromatic carbocycles. The van der Waals surface area contributed by atoms with Crippen molar-refractivity contribution in [1.29, 1.82) is 0 Å². The smallest absolute Gasteiger partial charge is 0.327 e. The third kappa shape index (κ3) is 2.87. The van der Waals surface area contributed by atoms with Crippen LogP contribution in [0.4, 0.5) is 14.9 Å². The SMILES string of the molecule is O=C(C1CCC1)C(O)N1CCN(c2cccc3c2cnn3-c2ccccc2F)C1=O. The number of hydrogen-bond donors (Lipinski definition) is 1. The molecule has 1 unspecified atom stereocenters. The van der Waals surface area contributed by atoms with E-state index in [1.54, 1.807) is 36.5 Å². The Hall–Kier alpha value is -3.26. The number of halogens is 1. The third-order valence-corrected chi connectivity index (χ3v) is 6.06. The first-order valence-electron chi connectivity index (χ1n) is 10.1. The van der Waals surface area contributed by atoms with Crippen molar-refractivity contribution in [2.45, 2.75) is 25.5 Å². The zero-order valence-corrected chi connectivity index (χ0v) is 16.2. The van der Waals surface area contributed by atoms with E-state index in [0.29, 0.717) is 28.8 Å². The van der Waals surface area contributed by atoms with Gasteiger partial charge in [-0.1, -0.05) is 24.6 Å². The van der Waals surface area contributed by atoms with Gasteiger partial charge in [0, 0.05) is 24.4 Å². The number of Topliss-reactive ketones (excluding diaryl/α,β-unsaturated/α-hetero) is 1. The lowest BCUT2D eigenvalue weighted by atomic mass is 9.81. The van der Waals surface area contributed by atoms with Crippen LogP contribution in [0, 0.1) is 11.7 Å². The molecule has 1 aliphatic heterocycles. The molecule has 0 spiro atoms. The van der Waals surface area contributed by atoms with Gasteiger partial charge in [0.05, 0.1) is 17.4 Å². The molecule has 5 rings (SSSR count). The summed E-state index contributed by atoms with van der Waals surface area (Å²) < 4.78 is 15.8. The van der Waals surface area contributed by atoms with Crippen molar-refractivity contribution in [2.24, 2.45) is 5.92 Å². The standard InChI is InChI=1S/C22H21FN4O3/c23-16-7-1-2-8-19(16)27-18-10-4-9-17(15(18)13-24-27)25-11-12-26(22(25)30)21(29)20(28)14-5-3-6-14/h1-2,4,7-10,13-14,21,29H,3,5-6,11-12H2. The summed E-state index contributed by atoms with van der Waals surface area (Å²) in [6.45, 7) is 0.605. The van der Waals surface area contributed by atoms with Crippen molar-refractivity contribution in [2.75, 3.05) is 18.0 Å². The lowest BCUT2D eigenvalue weighted by Gasteiger charge is -2.30. The monoisotopic (exact) mass is 408 g/mol. The maximum absolute atomic E-state index is 14.3. The van der Waals surface area contributed by atoms with Gasteiger partial charge in [0.2, 0.25) is 0 Å². The first-order chi connectivity index (χ1) is 14.6. The second-order valence-corrected chi connectivity index (χ2v) is 7.75. The van der Waals surface area contributed by atoms with Gasteiger partial charge in [-0.15, -0.1) is 0 Å². The average Bonchev–Trinajstić information content (AvgIpc) is 3.30. The number of aliphatic hydroxyl groups is 1. The number of fused-ring (bicyclic) bond motifs is 1. The molecule has 7 nitrogen and oxygen atoms in total. The summed E-state index contributed by atoms with van der Waals surface area (Å²) in [4.78, 5) is 28.2. The Kier molecular flexibility index (Phi) is 4.51. The van der Waals surface area contributed by atoms with Crippen molar-refractivity contribution in [3.8, 4) is 5.69 Å². The highest BCUT2D eigenvalue weighted by atomic mass is 19.1. The van der Waals surface area contributed by atoms with Crippen molar-refractivity contribution in [3.05, 3.63) is 54.5 Å². The van der Waals surface area contributed by atoms with Crippen LogP contribution in [0.25, 0.3) is 16.6 Å². The van der Waals surface area contributed by atoms with Crippen LogP contribution in [0.15, 0.2) is 48.7 Å². The van der Waals surface area contributed by atoms with Gasteiger partial charge in [-0.25, -0.2) is 13.9 Å². The largest absolute Gasteiger partial charge is 0.367 e. The van der Waals surface area contributed by atoms with Gasteiger partial charge in [0.1, 0.15) is 11.5 Å². The minimum absolute atomic E-state index is 0.149. The van der Waals surface area contributed by atoms with Crippen LogP contribution in [0.1, 0.15) is 19.3 Å². The van der Waals surface area contributed by atoms with Crippen molar-refractivity contribution in [3.63, 3.8) is 0 Å². The van der Waals surface area contributed by atoms with E-state index in [4.69, 9.17) is 0 Å². The van der Waals surface area contributed by atoms with Crippen LogP contribution < -0.4 is 4.90 Å². The number of aliphatic hydroxyl groups excluding tert-OH is 1. The minimum Gasteiger partial charge on any atom is -0.367 e. The Bertz CT molecular complexity index is 1140. The zero-order chi connectivity index (χ0) is 20.8. The fourth-order valence-electron chi connectivity index (χ4n) is 4.15. The van der Waals surface area contributed by atoms with Crippen LogP contribution in [0.5, 0.6) is 0 Å². The molecule has 1 N–H and O–H groups in total. The Balaban J connectivity index is 1.46. The van der Waals surface area contributed by atoms with Gasteiger partial charge in [0.25, 0.3) is 0 Å². The molecule has 1 aliphatic carbocycles. The van der Waals surface area contributed by atoms with Crippen LogP contribution in [0.2, 0.25) is 0 Å². The second-order valence-electron chi connectivity index (χ2n) is 7.75. The van der Waals surface area contributed by atoms with Gasteiger partial charge >= 0.3 is 6.03 Å². The Morgan fingerprint density at radius 2 is 1.87 bits per heavy atom. The number of nitrogens with zero attached hydrogens (tertiary/aromatic N) is 4. The van der Waals surface area contributed by atoms with Crippen molar-refractivity contribution >= 4 is 28.4 Å². The first kappa shape index (κ1) is 18.7. The molecule has 3 aromatic rings. The highest BCUT2D eigenvalue weighted by molar-refractivity contribution is 6.04. The third-order valence-electron chi connectivity index (χ3n) is 6.06. The molecule has 1 saturated heterocycles. The maximum atomic E-state index is 14.3. The predicted molar refractivity (Wildman–Crippen MR) is 109 cm³/mol. The number of urea groups is 1. The lowest BCUT2D eigenvalue weighted by molar-refractivity contribution is -0.140. The zero-order valence-electron chi connectivity index (χ0n) is 16.2. The molecular weight excluding hydrogens is 387 g/mol. The molecule has 1 atom stereocenters. The second kappa shape index (κ2) is 7.21. The number of aromatic nitrogens is 2. The summed E-state index contributed by atoms with van der Waals surface area (Å²) >= 11 is 0. The number of ketones is 1. The number of benzene rings is 2. The summed E-state index contributed by atoms with van der Waals surface area (Å²) in [7, 11) is 0. The number of amides is 2. The van der Waals surface area contributed by atoms with Crippen LogP contribution in [-0.2, 0) is 4.79 Å². The van der Waals surface area contributed by atoms with Gasteiger partial charge in [-0.2, -0.15) is 5.10 Å². The van der Waals surface area contributed by atoms with Gasteiger partial charge in [-0.05, 0) is 37.1 Å². The highest BCUT2D eigenvalue weighted by Crippen LogP contribution is 2.33. The number of rotatable bonds is 5. The molecule has 2 aliphatic rings. The summed E-state index contributed by atoms with van der Waals surface area (Å²) in [5, 5.41) is 15.5. The Morgan fingerprint density at radius 3 is 2.60 bits per heavy atom. The number of hydrogen-bond acceptors (Lipinski definition) is 4. The molecule has 1 aromatic heterocycles. The van der Waals surface area contributed by atoms with Gasteiger partial charge in [-0.3, -0.25) is 14.6 Å². The normalized spacial score (nSPS) is 18.1. The summed E-state index contributed by atoms with van der Waals surface area (Å²) in [5.74, 6) is -0.819. The average molecular weight is 408 g/mol. The molecule has 0 radical (unpaired) electrons. The Morgan fingerprint density at radius 1 is 1.10 bits per heavy atom. The highest BCUT2D eigenvalue weighted by Gasteiger charge is 2.40.